The molecule has 0 saturated carbocycles. The Morgan fingerprint density at radius 2 is 2.12 bits per heavy atom. The third kappa shape index (κ3) is 3.28. The Balaban J connectivity index is 1.95. The van der Waals surface area contributed by atoms with Crippen molar-refractivity contribution in [3.63, 3.8) is 0 Å². The summed E-state index contributed by atoms with van der Waals surface area (Å²) in [6, 6.07) is 9.11. The van der Waals surface area contributed by atoms with Crippen molar-refractivity contribution < 1.29 is 0 Å². The number of fused-ring (bicyclic) bond motifs is 1. The molecule has 0 fully saturated rings. The van der Waals surface area contributed by atoms with Crippen molar-refractivity contribution in [2.24, 2.45) is 0 Å². The number of hydrogen-bond donors (Lipinski definition) is 2. The number of rotatable bonds is 6. The maximum Gasteiger partial charge on any atom is 0.0346 e. The van der Waals surface area contributed by atoms with Crippen LogP contribution < -0.4 is 10.6 Å². The molecule has 0 spiro atoms. The van der Waals surface area contributed by atoms with E-state index in [0.717, 1.165) is 19.6 Å². The highest BCUT2D eigenvalue weighted by atomic mass is 32.1. The van der Waals surface area contributed by atoms with Crippen molar-refractivity contribution in [2.75, 3.05) is 13.1 Å². The molecule has 0 aliphatic carbocycles. The molecule has 1 atom stereocenters. The van der Waals surface area contributed by atoms with Crippen LogP contribution in [-0.4, -0.2) is 19.1 Å². The smallest absolute Gasteiger partial charge is 0.0346 e. The molecular formula is C14H20N2S. The lowest BCUT2D eigenvalue weighted by atomic mass is 10.1. The Bertz CT molecular complexity index is 464. The van der Waals surface area contributed by atoms with Gasteiger partial charge in [-0.25, -0.2) is 0 Å². The molecule has 3 heteroatoms. The normalized spacial score (nSPS) is 13.1. The van der Waals surface area contributed by atoms with Crippen molar-refractivity contribution in [1.29, 1.82) is 0 Å². The van der Waals surface area contributed by atoms with E-state index in [1.165, 1.54) is 15.6 Å². The quantitative estimate of drug-likeness (QED) is 0.821. The first-order valence-electron chi connectivity index (χ1n) is 6.20. The SMILES string of the molecule is CCNCC(C)NCc1csc2ccccc12. The summed E-state index contributed by atoms with van der Waals surface area (Å²) >= 11 is 1.83. The standard InChI is InChI=1S/C14H20N2S/c1-3-15-8-11(2)16-9-12-10-17-14-7-5-4-6-13(12)14/h4-7,10-11,15-16H,3,8-9H2,1-2H3. The summed E-state index contributed by atoms with van der Waals surface area (Å²) in [6.45, 7) is 7.37. The summed E-state index contributed by atoms with van der Waals surface area (Å²) < 4.78 is 1.38. The van der Waals surface area contributed by atoms with Crippen LogP contribution in [-0.2, 0) is 6.54 Å². The molecule has 1 heterocycles. The minimum absolute atomic E-state index is 0.508. The van der Waals surface area contributed by atoms with Crippen molar-refractivity contribution in [1.82, 2.24) is 10.6 Å². The number of likely N-dealkylation sites (N-methyl/N-ethyl adjacent to an activating group) is 1. The minimum Gasteiger partial charge on any atom is -0.315 e. The monoisotopic (exact) mass is 248 g/mol. The van der Waals surface area contributed by atoms with Crippen molar-refractivity contribution in [3.05, 3.63) is 35.2 Å². The first-order chi connectivity index (χ1) is 8.31. The lowest BCUT2D eigenvalue weighted by molar-refractivity contribution is 0.510. The molecule has 0 radical (unpaired) electrons. The van der Waals surface area contributed by atoms with Crippen LogP contribution in [0.4, 0.5) is 0 Å². The number of nitrogens with one attached hydrogen (secondary N) is 2. The fraction of sp³-hybridized carbons (Fsp3) is 0.429. The molecule has 1 aromatic carbocycles. The van der Waals surface area contributed by atoms with Gasteiger partial charge in [0.25, 0.3) is 0 Å². The van der Waals surface area contributed by atoms with Gasteiger partial charge in [-0.2, -0.15) is 0 Å². The zero-order valence-electron chi connectivity index (χ0n) is 10.5. The molecular weight excluding hydrogens is 228 g/mol. The van der Waals surface area contributed by atoms with Gasteiger partial charge in [-0.05, 0) is 35.9 Å². The molecule has 92 valence electrons. The predicted octanol–water partition coefficient (Wildman–Crippen LogP) is 2.99. The Hall–Kier alpha value is -0.900. The molecule has 2 N–H and O–H groups in total. The van der Waals surface area contributed by atoms with Crippen molar-refractivity contribution in [2.45, 2.75) is 26.4 Å². The first-order valence-corrected chi connectivity index (χ1v) is 7.08. The van der Waals surface area contributed by atoms with Crippen molar-refractivity contribution in [3.8, 4) is 0 Å². The van der Waals surface area contributed by atoms with E-state index in [0.29, 0.717) is 6.04 Å². The molecule has 0 amide bonds. The van der Waals surface area contributed by atoms with Crippen LogP contribution in [0.5, 0.6) is 0 Å². The van der Waals surface area contributed by atoms with Crippen LogP contribution in [0.2, 0.25) is 0 Å². The van der Waals surface area contributed by atoms with Gasteiger partial charge in [-0.15, -0.1) is 11.3 Å². The first kappa shape index (κ1) is 12.6. The zero-order valence-corrected chi connectivity index (χ0v) is 11.3. The second-order valence-corrected chi connectivity index (χ2v) is 5.26. The molecule has 2 nitrogen and oxygen atoms in total. The van der Waals surface area contributed by atoms with Gasteiger partial charge in [-0.1, -0.05) is 25.1 Å². The van der Waals surface area contributed by atoms with Gasteiger partial charge in [0.15, 0.2) is 0 Å². The molecule has 2 aromatic rings. The third-order valence-electron chi connectivity index (χ3n) is 2.90. The van der Waals surface area contributed by atoms with Gasteiger partial charge in [0.1, 0.15) is 0 Å². The molecule has 0 aliphatic rings. The topological polar surface area (TPSA) is 24.1 Å². The summed E-state index contributed by atoms with van der Waals surface area (Å²) in [6.07, 6.45) is 0. The lowest BCUT2D eigenvalue weighted by Gasteiger charge is -2.13. The molecule has 0 bridgehead atoms. The fourth-order valence-corrected chi connectivity index (χ4v) is 2.85. The maximum atomic E-state index is 3.56. The second kappa shape index (κ2) is 6.15. The highest BCUT2D eigenvalue weighted by Crippen LogP contribution is 2.25. The van der Waals surface area contributed by atoms with E-state index in [9.17, 15) is 0 Å². The lowest BCUT2D eigenvalue weighted by Crippen LogP contribution is -2.35. The van der Waals surface area contributed by atoms with Gasteiger partial charge in [0, 0.05) is 23.8 Å². The van der Waals surface area contributed by atoms with Gasteiger partial charge in [0.2, 0.25) is 0 Å². The summed E-state index contributed by atoms with van der Waals surface area (Å²) in [5.74, 6) is 0. The van der Waals surface area contributed by atoms with Crippen LogP contribution in [0.3, 0.4) is 0 Å². The van der Waals surface area contributed by atoms with Crippen LogP contribution in [0, 0.1) is 0 Å². The Morgan fingerprint density at radius 1 is 1.29 bits per heavy atom. The third-order valence-corrected chi connectivity index (χ3v) is 3.91. The summed E-state index contributed by atoms with van der Waals surface area (Å²) in [4.78, 5) is 0. The average molecular weight is 248 g/mol. The van der Waals surface area contributed by atoms with E-state index >= 15 is 0 Å². The number of thiophene rings is 1. The van der Waals surface area contributed by atoms with Crippen LogP contribution in [0.1, 0.15) is 19.4 Å². The largest absolute Gasteiger partial charge is 0.315 e. The number of benzene rings is 1. The second-order valence-electron chi connectivity index (χ2n) is 4.35. The van der Waals surface area contributed by atoms with E-state index in [-0.39, 0.29) is 0 Å². The number of hydrogen-bond acceptors (Lipinski definition) is 3. The van der Waals surface area contributed by atoms with E-state index in [2.05, 4.69) is 54.1 Å². The summed E-state index contributed by atoms with van der Waals surface area (Å²) in [5.41, 5.74) is 1.41. The van der Waals surface area contributed by atoms with E-state index in [4.69, 9.17) is 0 Å². The Labute approximate surface area is 107 Å². The molecule has 1 unspecified atom stereocenters. The van der Waals surface area contributed by atoms with Crippen molar-refractivity contribution >= 4 is 21.4 Å². The molecule has 0 saturated heterocycles. The van der Waals surface area contributed by atoms with Gasteiger partial charge in [0.05, 0.1) is 0 Å². The molecule has 2 rings (SSSR count). The molecule has 1 aromatic heterocycles. The molecule has 17 heavy (non-hydrogen) atoms. The van der Waals surface area contributed by atoms with Gasteiger partial charge in [-0.3, -0.25) is 0 Å². The molecule has 0 aliphatic heterocycles. The van der Waals surface area contributed by atoms with E-state index in [1.54, 1.807) is 0 Å². The fourth-order valence-electron chi connectivity index (χ4n) is 1.89. The van der Waals surface area contributed by atoms with E-state index in [1.807, 2.05) is 11.3 Å². The maximum absolute atomic E-state index is 3.56. The van der Waals surface area contributed by atoms with Crippen LogP contribution >= 0.6 is 11.3 Å². The summed E-state index contributed by atoms with van der Waals surface area (Å²) in [7, 11) is 0. The summed E-state index contributed by atoms with van der Waals surface area (Å²) in [5, 5.41) is 10.6. The zero-order chi connectivity index (χ0) is 12.1. The highest BCUT2D eigenvalue weighted by Gasteiger charge is 2.05. The van der Waals surface area contributed by atoms with Gasteiger partial charge < -0.3 is 10.6 Å². The van der Waals surface area contributed by atoms with Crippen LogP contribution in [0.25, 0.3) is 10.1 Å². The van der Waals surface area contributed by atoms with Gasteiger partial charge >= 0.3 is 0 Å². The minimum atomic E-state index is 0.508. The van der Waals surface area contributed by atoms with E-state index < -0.39 is 0 Å². The predicted molar refractivity (Wildman–Crippen MR) is 76.7 cm³/mol. The highest BCUT2D eigenvalue weighted by molar-refractivity contribution is 7.17. The van der Waals surface area contributed by atoms with Crippen LogP contribution in [0.15, 0.2) is 29.6 Å². The Kier molecular flexibility index (Phi) is 4.54. The Morgan fingerprint density at radius 3 is 2.94 bits per heavy atom. The average Bonchev–Trinajstić information content (AvgIpc) is 2.77.